The summed E-state index contributed by atoms with van der Waals surface area (Å²) < 4.78 is 9.60. The molecule has 4 aliphatic rings. The first-order valence-corrected chi connectivity index (χ1v) is 11.2. The van der Waals surface area contributed by atoms with Gasteiger partial charge in [0.15, 0.2) is 12.4 Å². The molecule has 0 radical (unpaired) electrons. The van der Waals surface area contributed by atoms with Gasteiger partial charge in [0.05, 0.1) is 12.7 Å². The van der Waals surface area contributed by atoms with Crippen LogP contribution in [0.25, 0.3) is 0 Å². The SMILES string of the molecule is CCOC(=O)OCC(=O)[C@@]1(O)CC[C@H]2[C@@H]3CCC4=CC(=O)C=C[C@]4(C)[C@H]3[C@@H](O)C[C@@]21C. The molecule has 4 rings (SSSR count). The molecule has 0 bridgehead atoms. The second kappa shape index (κ2) is 7.55. The molecule has 0 aromatic rings. The van der Waals surface area contributed by atoms with Crippen LogP contribution in [0.15, 0.2) is 23.8 Å². The number of Topliss-reactive ketones (excluding diaryl/α,β-unsaturated/α-hetero) is 1. The molecule has 3 fully saturated rings. The van der Waals surface area contributed by atoms with Crippen molar-refractivity contribution in [2.45, 2.75) is 64.6 Å². The van der Waals surface area contributed by atoms with E-state index in [-0.39, 0.29) is 43.0 Å². The van der Waals surface area contributed by atoms with E-state index in [1.54, 1.807) is 19.1 Å². The second-order valence-electron chi connectivity index (χ2n) is 10.0. The summed E-state index contributed by atoms with van der Waals surface area (Å²) in [7, 11) is 0. The average Bonchev–Trinajstić information content (AvgIpc) is 2.98. The third-order valence-corrected chi connectivity index (χ3v) is 8.69. The van der Waals surface area contributed by atoms with Crippen molar-refractivity contribution in [1.82, 2.24) is 0 Å². The monoisotopic (exact) mass is 432 g/mol. The Hall–Kier alpha value is -1.99. The van der Waals surface area contributed by atoms with Gasteiger partial charge in [-0.25, -0.2) is 4.79 Å². The Morgan fingerprint density at radius 2 is 1.97 bits per heavy atom. The summed E-state index contributed by atoms with van der Waals surface area (Å²) in [4.78, 5) is 36.4. The molecular weight excluding hydrogens is 400 g/mol. The summed E-state index contributed by atoms with van der Waals surface area (Å²) >= 11 is 0. The highest BCUT2D eigenvalue weighted by Gasteiger charge is 2.68. The van der Waals surface area contributed by atoms with Gasteiger partial charge in [-0.15, -0.1) is 0 Å². The number of ketones is 2. The Morgan fingerprint density at radius 3 is 2.68 bits per heavy atom. The standard InChI is InChI=1S/C24H32O7/c1-4-30-21(28)31-13-19(27)24(29)10-8-17-16-6-5-14-11-15(25)7-9-22(14,2)20(16)18(26)12-23(17,24)3/h7,9,11,16-18,20,26,29H,4-6,8,10,12-13H2,1-3H3/t16-,17-,18-,20+,22-,23-,24-/m0/s1. The smallest absolute Gasteiger partial charge is 0.435 e. The molecule has 0 amide bonds. The van der Waals surface area contributed by atoms with E-state index in [1.165, 1.54) is 0 Å². The molecule has 2 N–H and O–H groups in total. The topological polar surface area (TPSA) is 110 Å². The quantitative estimate of drug-likeness (QED) is 0.657. The maximum absolute atomic E-state index is 13.0. The molecular formula is C24H32O7. The summed E-state index contributed by atoms with van der Waals surface area (Å²) in [6.45, 7) is 5.21. The highest BCUT2D eigenvalue weighted by atomic mass is 16.7. The van der Waals surface area contributed by atoms with Crippen LogP contribution >= 0.6 is 0 Å². The molecule has 0 heterocycles. The summed E-state index contributed by atoms with van der Waals surface area (Å²) in [6, 6.07) is 0. The molecule has 0 aromatic carbocycles. The summed E-state index contributed by atoms with van der Waals surface area (Å²) in [6.07, 6.45) is 6.40. The molecule has 31 heavy (non-hydrogen) atoms. The van der Waals surface area contributed by atoms with Gasteiger partial charge in [0.25, 0.3) is 0 Å². The van der Waals surface area contributed by atoms with Crippen LogP contribution < -0.4 is 0 Å². The Morgan fingerprint density at radius 1 is 1.23 bits per heavy atom. The molecule has 0 aromatic heterocycles. The largest absolute Gasteiger partial charge is 0.508 e. The highest BCUT2D eigenvalue weighted by Crippen LogP contribution is 2.67. The van der Waals surface area contributed by atoms with E-state index in [4.69, 9.17) is 9.47 Å². The maximum Gasteiger partial charge on any atom is 0.508 e. The highest BCUT2D eigenvalue weighted by molar-refractivity contribution is 6.01. The van der Waals surface area contributed by atoms with Gasteiger partial charge in [-0.2, -0.15) is 0 Å². The van der Waals surface area contributed by atoms with E-state index in [9.17, 15) is 24.6 Å². The van der Waals surface area contributed by atoms with Crippen LogP contribution in [-0.2, 0) is 19.1 Å². The fourth-order valence-electron chi connectivity index (χ4n) is 7.19. The number of rotatable bonds is 4. The van der Waals surface area contributed by atoms with Gasteiger partial charge in [0, 0.05) is 16.7 Å². The van der Waals surface area contributed by atoms with Crippen molar-refractivity contribution >= 4 is 17.7 Å². The fraction of sp³-hybridized carbons (Fsp3) is 0.708. The Bertz CT molecular complexity index is 860. The number of aliphatic hydroxyl groups excluding tert-OH is 1. The molecule has 0 aliphatic heterocycles. The lowest BCUT2D eigenvalue weighted by Crippen LogP contribution is -2.61. The van der Waals surface area contributed by atoms with Crippen LogP contribution in [0.5, 0.6) is 0 Å². The van der Waals surface area contributed by atoms with Gasteiger partial charge in [0.1, 0.15) is 5.60 Å². The molecule has 0 saturated heterocycles. The van der Waals surface area contributed by atoms with Crippen molar-refractivity contribution in [3.63, 3.8) is 0 Å². The first-order valence-electron chi connectivity index (χ1n) is 11.2. The number of hydrogen-bond acceptors (Lipinski definition) is 7. The first kappa shape index (κ1) is 22.2. The third kappa shape index (κ3) is 3.20. The Labute approximate surface area is 182 Å². The third-order valence-electron chi connectivity index (χ3n) is 8.69. The minimum absolute atomic E-state index is 0.0106. The summed E-state index contributed by atoms with van der Waals surface area (Å²) in [5.41, 5.74) is -1.80. The van der Waals surface area contributed by atoms with E-state index in [2.05, 4.69) is 6.92 Å². The van der Waals surface area contributed by atoms with E-state index < -0.39 is 41.1 Å². The number of allylic oxidation sites excluding steroid dienone is 4. The zero-order valence-electron chi connectivity index (χ0n) is 18.4. The number of carbonyl (C=O) groups is 3. The number of ether oxygens (including phenoxy) is 2. The minimum atomic E-state index is -1.66. The molecule has 7 nitrogen and oxygen atoms in total. The fourth-order valence-corrected chi connectivity index (χ4v) is 7.19. The van der Waals surface area contributed by atoms with Gasteiger partial charge in [-0.05, 0) is 63.0 Å². The van der Waals surface area contributed by atoms with Crippen molar-refractivity contribution in [2.75, 3.05) is 13.2 Å². The van der Waals surface area contributed by atoms with Gasteiger partial charge in [-0.3, -0.25) is 9.59 Å². The first-order chi connectivity index (χ1) is 14.6. The van der Waals surface area contributed by atoms with Crippen LogP contribution in [0.2, 0.25) is 0 Å². The number of aliphatic hydroxyl groups is 2. The molecule has 170 valence electrons. The number of carbonyl (C=O) groups excluding carboxylic acids is 3. The van der Waals surface area contributed by atoms with E-state index in [0.29, 0.717) is 6.42 Å². The Balaban J connectivity index is 1.60. The van der Waals surface area contributed by atoms with Crippen molar-refractivity contribution in [3.05, 3.63) is 23.8 Å². The molecule has 7 atom stereocenters. The molecule has 0 unspecified atom stereocenters. The van der Waals surface area contributed by atoms with E-state index >= 15 is 0 Å². The lowest BCUT2D eigenvalue weighted by Gasteiger charge is -2.59. The summed E-state index contributed by atoms with van der Waals surface area (Å²) in [5.74, 6) is -0.433. The lowest BCUT2D eigenvalue weighted by atomic mass is 9.46. The van der Waals surface area contributed by atoms with Crippen LogP contribution in [0, 0.1) is 28.6 Å². The van der Waals surface area contributed by atoms with Gasteiger partial charge in [0.2, 0.25) is 5.78 Å². The van der Waals surface area contributed by atoms with Crippen molar-refractivity contribution in [2.24, 2.45) is 28.6 Å². The molecule has 4 aliphatic carbocycles. The zero-order chi connectivity index (χ0) is 22.6. The average molecular weight is 433 g/mol. The zero-order valence-corrected chi connectivity index (χ0v) is 18.4. The van der Waals surface area contributed by atoms with Crippen molar-refractivity contribution in [3.8, 4) is 0 Å². The van der Waals surface area contributed by atoms with Crippen LogP contribution in [0.1, 0.15) is 52.9 Å². The van der Waals surface area contributed by atoms with Gasteiger partial charge < -0.3 is 19.7 Å². The molecule has 0 spiro atoms. The van der Waals surface area contributed by atoms with Crippen molar-refractivity contribution < 1.29 is 34.1 Å². The van der Waals surface area contributed by atoms with Crippen LogP contribution in [-0.4, -0.2) is 52.9 Å². The predicted octanol–water partition coefficient (Wildman–Crippen LogP) is 2.74. The second-order valence-corrected chi connectivity index (χ2v) is 10.0. The van der Waals surface area contributed by atoms with Gasteiger partial charge >= 0.3 is 6.16 Å². The maximum atomic E-state index is 13.0. The molecule has 7 heteroatoms. The Kier molecular flexibility index (Phi) is 5.41. The van der Waals surface area contributed by atoms with Gasteiger partial charge in [-0.1, -0.05) is 25.5 Å². The number of fused-ring (bicyclic) bond motifs is 5. The van der Waals surface area contributed by atoms with Crippen LogP contribution in [0.3, 0.4) is 0 Å². The van der Waals surface area contributed by atoms with E-state index in [1.807, 2.05) is 13.0 Å². The lowest BCUT2D eigenvalue weighted by molar-refractivity contribution is -0.178. The van der Waals surface area contributed by atoms with Crippen molar-refractivity contribution in [1.29, 1.82) is 0 Å². The predicted molar refractivity (Wildman–Crippen MR) is 111 cm³/mol. The molecule has 3 saturated carbocycles. The van der Waals surface area contributed by atoms with E-state index in [0.717, 1.165) is 18.4 Å². The summed E-state index contributed by atoms with van der Waals surface area (Å²) in [5, 5.41) is 22.8. The minimum Gasteiger partial charge on any atom is -0.435 e. The number of hydrogen-bond donors (Lipinski definition) is 2. The van der Waals surface area contributed by atoms with Crippen LogP contribution in [0.4, 0.5) is 4.79 Å². The normalized spacial score (nSPS) is 43.4.